The summed E-state index contributed by atoms with van der Waals surface area (Å²) in [5, 5.41) is 1.34. The minimum Gasteiger partial charge on any atom is -0.383 e. The van der Waals surface area contributed by atoms with Gasteiger partial charge in [-0.1, -0.05) is 47.5 Å². The summed E-state index contributed by atoms with van der Waals surface area (Å²) in [6.45, 7) is 4.64. The van der Waals surface area contributed by atoms with Crippen molar-refractivity contribution in [2.75, 3.05) is 46.4 Å². The molecule has 2 unspecified atom stereocenters. The van der Waals surface area contributed by atoms with E-state index in [1.165, 1.54) is 0 Å². The van der Waals surface area contributed by atoms with Crippen molar-refractivity contribution in [2.24, 2.45) is 4.99 Å². The molecule has 2 atom stereocenters. The number of rotatable bonds is 5. The van der Waals surface area contributed by atoms with Crippen molar-refractivity contribution in [1.82, 2.24) is 14.7 Å². The highest BCUT2D eigenvalue weighted by Gasteiger charge is 2.39. The highest BCUT2D eigenvalue weighted by molar-refractivity contribution is 6.30. The van der Waals surface area contributed by atoms with Gasteiger partial charge in [0.15, 0.2) is 0 Å². The van der Waals surface area contributed by atoms with Crippen molar-refractivity contribution in [2.45, 2.75) is 12.1 Å². The van der Waals surface area contributed by atoms with Gasteiger partial charge in [0.2, 0.25) is 0 Å². The average Bonchev–Trinajstić information content (AvgIpc) is 3.23. The number of carbonyl (C=O) groups is 1. The number of aliphatic imine (C=N–C) groups is 1. The minimum atomic E-state index is -0.238. The van der Waals surface area contributed by atoms with E-state index >= 15 is 0 Å². The SMILES string of the molecule is COCCN1CCN(C(=O)N2C=NC(c3ccc(Cl)cc3)C2c2ccc(Cl)cc2)CC1. The van der Waals surface area contributed by atoms with E-state index in [1.807, 2.05) is 53.4 Å². The summed E-state index contributed by atoms with van der Waals surface area (Å²) in [5.41, 5.74) is 2.01. The van der Waals surface area contributed by atoms with Crippen molar-refractivity contribution >= 4 is 35.6 Å². The molecule has 0 N–H and O–H groups in total. The second-order valence-corrected chi connectivity index (χ2v) is 8.64. The number of amides is 2. The molecule has 1 fully saturated rings. The molecule has 2 aromatic carbocycles. The number of halogens is 2. The van der Waals surface area contributed by atoms with Gasteiger partial charge >= 0.3 is 6.03 Å². The minimum absolute atomic E-state index is 0.0217. The van der Waals surface area contributed by atoms with Gasteiger partial charge in [0, 0.05) is 49.9 Å². The predicted molar refractivity (Wildman–Crippen MR) is 124 cm³/mol. The van der Waals surface area contributed by atoms with Crippen LogP contribution in [-0.4, -0.2) is 73.5 Å². The number of hydrogen-bond acceptors (Lipinski definition) is 4. The van der Waals surface area contributed by atoms with E-state index in [2.05, 4.69) is 4.90 Å². The smallest absolute Gasteiger partial charge is 0.325 e. The van der Waals surface area contributed by atoms with Gasteiger partial charge in [-0.15, -0.1) is 0 Å². The van der Waals surface area contributed by atoms with Crippen molar-refractivity contribution < 1.29 is 9.53 Å². The third kappa shape index (κ3) is 5.04. The largest absolute Gasteiger partial charge is 0.383 e. The van der Waals surface area contributed by atoms with Crippen LogP contribution in [0.4, 0.5) is 4.79 Å². The molecule has 2 amide bonds. The van der Waals surface area contributed by atoms with E-state index in [4.69, 9.17) is 32.9 Å². The number of urea groups is 1. The summed E-state index contributed by atoms with van der Waals surface area (Å²) in [7, 11) is 1.71. The Morgan fingerprint density at radius 1 is 0.968 bits per heavy atom. The Hall–Kier alpha value is -2.12. The fourth-order valence-corrected chi connectivity index (χ4v) is 4.35. The molecule has 8 heteroatoms. The maximum atomic E-state index is 13.5. The average molecular weight is 461 g/mol. The second kappa shape index (κ2) is 10.0. The van der Waals surface area contributed by atoms with Crippen molar-refractivity contribution in [3.8, 4) is 0 Å². The Morgan fingerprint density at radius 3 is 2.13 bits per heavy atom. The van der Waals surface area contributed by atoms with Gasteiger partial charge in [0.05, 0.1) is 19.0 Å². The Kier molecular flexibility index (Phi) is 7.13. The number of nitrogens with zero attached hydrogens (tertiary/aromatic N) is 4. The van der Waals surface area contributed by atoms with Crippen LogP contribution in [0, 0.1) is 0 Å². The first kappa shape index (κ1) is 22.1. The number of benzene rings is 2. The molecule has 6 nitrogen and oxygen atoms in total. The predicted octanol–water partition coefficient (Wildman–Crippen LogP) is 4.50. The summed E-state index contributed by atoms with van der Waals surface area (Å²) in [6.07, 6.45) is 1.68. The van der Waals surface area contributed by atoms with Gasteiger partial charge in [-0.3, -0.25) is 14.8 Å². The van der Waals surface area contributed by atoms with Gasteiger partial charge in [0.25, 0.3) is 0 Å². The molecular formula is C23H26Cl2N4O2. The van der Waals surface area contributed by atoms with Crippen LogP contribution in [0.3, 0.4) is 0 Å². The monoisotopic (exact) mass is 460 g/mol. The molecule has 0 aromatic heterocycles. The Bertz CT molecular complexity index is 912. The summed E-state index contributed by atoms with van der Waals surface area (Å²) >= 11 is 12.2. The normalized spacial score (nSPS) is 21.6. The van der Waals surface area contributed by atoms with E-state index in [0.29, 0.717) is 29.7 Å². The van der Waals surface area contributed by atoms with Crippen molar-refractivity contribution in [1.29, 1.82) is 0 Å². The number of hydrogen-bond donors (Lipinski definition) is 0. The van der Waals surface area contributed by atoms with Crippen LogP contribution in [0.5, 0.6) is 0 Å². The van der Waals surface area contributed by atoms with Crippen LogP contribution in [0.15, 0.2) is 53.5 Å². The third-order valence-electron chi connectivity index (χ3n) is 5.85. The molecule has 4 rings (SSSR count). The molecule has 2 aliphatic heterocycles. The number of ether oxygens (including phenoxy) is 1. The van der Waals surface area contributed by atoms with E-state index in [1.54, 1.807) is 18.3 Å². The molecule has 2 aromatic rings. The van der Waals surface area contributed by atoms with Crippen LogP contribution in [-0.2, 0) is 4.74 Å². The van der Waals surface area contributed by atoms with Crippen LogP contribution in [0.1, 0.15) is 23.2 Å². The highest BCUT2D eigenvalue weighted by Crippen LogP contribution is 2.41. The molecule has 2 heterocycles. The summed E-state index contributed by atoms with van der Waals surface area (Å²) in [6, 6.07) is 14.8. The fourth-order valence-electron chi connectivity index (χ4n) is 4.10. The zero-order valence-electron chi connectivity index (χ0n) is 17.5. The van der Waals surface area contributed by atoms with Crippen LogP contribution in [0.25, 0.3) is 0 Å². The van der Waals surface area contributed by atoms with E-state index in [9.17, 15) is 4.79 Å². The van der Waals surface area contributed by atoms with Crippen LogP contribution >= 0.6 is 23.2 Å². The molecule has 0 radical (unpaired) electrons. The topological polar surface area (TPSA) is 48.4 Å². The van der Waals surface area contributed by atoms with Crippen LogP contribution < -0.4 is 0 Å². The van der Waals surface area contributed by atoms with E-state index < -0.39 is 0 Å². The Labute approximate surface area is 193 Å². The lowest BCUT2D eigenvalue weighted by molar-refractivity contribution is 0.0967. The molecule has 1 saturated heterocycles. The molecule has 0 bridgehead atoms. The molecule has 31 heavy (non-hydrogen) atoms. The lowest BCUT2D eigenvalue weighted by Gasteiger charge is -2.37. The maximum Gasteiger partial charge on any atom is 0.325 e. The molecule has 164 valence electrons. The van der Waals surface area contributed by atoms with E-state index in [0.717, 1.165) is 30.8 Å². The summed E-state index contributed by atoms with van der Waals surface area (Å²) in [4.78, 5) is 24.2. The van der Waals surface area contributed by atoms with Gasteiger partial charge in [-0.25, -0.2) is 4.79 Å². The number of piperazine rings is 1. The first-order valence-electron chi connectivity index (χ1n) is 10.4. The summed E-state index contributed by atoms with van der Waals surface area (Å²) < 4.78 is 5.17. The fraction of sp³-hybridized carbons (Fsp3) is 0.391. The second-order valence-electron chi connectivity index (χ2n) is 7.77. The molecule has 0 spiro atoms. The maximum absolute atomic E-state index is 13.5. The Morgan fingerprint density at radius 2 is 1.55 bits per heavy atom. The number of carbonyl (C=O) groups excluding carboxylic acids is 1. The van der Waals surface area contributed by atoms with Crippen molar-refractivity contribution in [3.63, 3.8) is 0 Å². The molecule has 2 aliphatic rings. The van der Waals surface area contributed by atoms with Crippen LogP contribution in [0.2, 0.25) is 10.0 Å². The van der Waals surface area contributed by atoms with Gasteiger partial charge in [-0.2, -0.15) is 0 Å². The molecular weight excluding hydrogens is 435 g/mol. The molecule has 0 aliphatic carbocycles. The standard InChI is InChI=1S/C23H26Cl2N4O2/c1-31-15-14-27-10-12-28(13-11-27)23(30)29-16-26-21(17-2-6-19(24)7-3-17)22(29)18-4-8-20(25)9-5-18/h2-9,16,21-22H,10-15H2,1H3. The number of methoxy groups -OCH3 is 1. The lowest BCUT2D eigenvalue weighted by atomic mass is 9.94. The first-order chi connectivity index (χ1) is 15.1. The zero-order valence-corrected chi connectivity index (χ0v) is 19.0. The van der Waals surface area contributed by atoms with Gasteiger partial charge in [-0.05, 0) is 35.4 Å². The highest BCUT2D eigenvalue weighted by atomic mass is 35.5. The summed E-state index contributed by atoms with van der Waals surface area (Å²) in [5.74, 6) is 0. The zero-order chi connectivity index (χ0) is 21.8. The van der Waals surface area contributed by atoms with Gasteiger partial charge in [0.1, 0.15) is 6.04 Å². The van der Waals surface area contributed by atoms with Gasteiger partial charge < -0.3 is 9.64 Å². The van der Waals surface area contributed by atoms with Crippen molar-refractivity contribution in [3.05, 3.63) is 69.7 Å². The van der Waals surface area contributed by atoms with E-state index in [-0.39, 0.29) is 18.1 Å². The lowest BCUT2D eigenvalue weighted by Crippen LogP contribution is -2.53. The Balaban J connectivity index is 1.54. The third-order valence-corrected chi connectivity index (χ3v) is 6.35. The molecule has 0 saturated carbocycles. The quantitative estimate of drug-likeness (QED) is 0.659. The first-order valence-corrected chi connectivity index (χ1v) is 11.1.